The third-order valence-corrected chi connectivity index (χ3v) is 2.12. The summed E-state index contributed by atoms with van der Waals surface area (Å²) in [6.07, 6.45) is 5.19. The Balaban J connectivity index is 2.39. The highest BCUT2D eigenvalue weighted by Gasteiger charge is 1.96. The van der Waals surface area contributed by atoms with Crippen molar-refractivity contribution in [3.05, 3.63) is 16.2 Å². The van der Waals surface area contributed by atoms with Gasteiger partial charge in [-0.1, -0.05) is 13.8 Å². The quantitative estimate of drug-likeness (QED) is 0.767. The molecule has 0 amide bonds. The molecule has 0 fully saturated rings. The summed E-state index contributed by atoms with van der Waals surface area (Å²) in [4.78, 5) is 4.14. The van der Waals surface area contributed by atoms with Crippen molar-refractivity contribution in [1.29, 1.82) is 0 Å². The minimum Gasteiger partial charge on any atom is -0.336 e. The van der Waals surface area contributed by atoms with Crippen molar-refractivity contribution in [1.82, 2.24) is 9.55 Å². The van der Waals surface area contributed by atoms with Crippen LogP contribution in [0.3, 0.4) is 0 Å². The first-order chi connectivity index (χ1) is 5.18. The van der Waals surface area contributed by atoms with E-state index in [9.17, 15) is 0 Å². The highest BCUT2D eigenvalue weighted by atomic mass is 127. The second-order valence-electron chi connectivity index (χ2n) is 3.12. The van der Waals surface area contributed by atoms with E-state index in [0.717, 1.165) is 16.2 Å². The van der Waals surface area contributed by atoms with Gasteiger partial charge in [0.15, 0.2) is 0 Å². The van der Waals surface area contributed by atoms with Gasteiger partial charge in [0.05, 0.1) is 6.33 Å². The van der Waals surface area contributed by atoms with Crippen molar-refractivity contribution in [2.24, 2.45) is 5.92 Å². The molecule has 0 spiro atoms. The highest BCUT2D eigenvalue weighted by molar-refractivity contribution is 14.1. The lowest BCUT2D eigenvalue weighted by Crippen LogP contribution is -1.98. The van der Waals surface area contributed by atoms with Gasteiger partial charge in [0, 0.05) is 12.7 Å². The Hall–Kier alpha value is -0.0600. The zero-order chi connectivity index (χ0) is 8.27. The molecule has 0 radical (unpaired) electrons. The van der Waals surface area contributed by atoms with Crippen LogP contribution in [0.25, 0.3) is 0 Å². The molecule has 0 aliphatic carbocycles. The fourth-order valence-electron chi connectivity index (χ4n) is 0.862. The average Bonchev–Trinajstić information content (AvgIpc) is 2.31. The summed E-state index contributed by atoms with van der Waals surface area (Å²) in [5, 5.41) is 0. The Morgan fingerprint density at radius 2 is 2.36 bits per heavy atom. The van der Waals surface area contributed by atoms with Crippen LogP contribution < -0.4 is 0 Å². The third kappa shape index (κ3) is 3.22. The lowest BCUT2D eigenvalue weighted by molar-refractivity contribution is 0.516. The van der Waals surface area contributed by atoms with Crippen molar-refractivity contribution in [3.63, 3.8) is 0 Å². The van der Waals surface area contributed by atoms with Crippen molar-refractivity contribution in [3.8, 4) is 0 Å². The molecular formula is C8H13IN2. The number of aryl methyl sites for hydroxylation is 1. The lowest BCUT2D eigenvalue weighted by Gasteiger charge is -2.03. The molecule has 1 rings (SSSR count). The maximum absolute atomic E-state index is 4.14. The first-order valence-corrected chi connectivity index (χ1v) is 4.93. The topological polar surface area (TPSA) is 17.8 Å². The molecule has 0 aromatic carbocycles. The van der Waals surface area contributed by atoms with Gasteiger partial charge in [-0.15, -0.1) is 0 Å². The first kappa shape index (κ1) is 9.03. The van der Waals surface area contributed by atoms with Crippen molar-refractivity contribution in [2.75, 3.05) is 0 Å². The number of rotatable bonds is 3. The van der Waals surface area contributed by atoms with Gasteiger partial charge in [0.1, 0.15) is 3.70 Å². The molecule has 3 heteroatoms. The monoisotopic (exact) mass is 264 g/mol. The number of halogens is 1. The summed E-state index contributed by atoms with van der Waals surface area (Å²) >= 11 is 2.23. The van der Waals surface area contributed by atoms with Crippen LogP contribution in [0.1, 0.15) is 20.3 Å². The molecule has 11 heavy (non-hydrogen) atoms. The standard InChI is InChI=1S/C8H13IN2/c1-7(2)3-4-11-5-8(9)10-6-11/h5-7H,3-4H2,1-2H3. The van der Waals surface area contributed by atoms with E-state index in [0.29, 0.717) is 0 Å². The molecule has 0 aliphatic heterocycles. The highest BCUT2D eigenvalue weighted by Crippen LogP contribution is 2.04. The molecule has 1 aromatic rings. The summed E-state index contributed by atoms with van der Waals surface area (Å²) in [7, 11) is 0. The van der Waals surface area contributed by atoms with Crippen LogP contribution in [-0.4, -0.2) is 9.55 Å². The Bertz CT molecular complexity index is 218. The zero-order valence-corrected chi connectivity index (χ0v) is 9.08. The first-order valence-electron chi connectivity index (χ1n) is 3.86. The maximum Gasteiger partial charge on any atom is 0.119 e. The minimum absolute atomic E-state index is 0.773. The molecule has 0 bridgehead atoms. The summed E-state index contributed by atoms with van der Waals surface area (Å²) in [5.41, 5.74) is 0. The molecule has 0 N–H and O–H groups in total. The van der Waals surface area contributed by atoms with E-state index in [4.69, 9.17) is 0 Å². The van der Waals surface area contributed by atoms with Gasteiger partial charge in [-0.3, -0.25) is 0 Å². The molecule has 0 unspecified atom stereocenters. The lowest BCUT2D eigenvalue weighted by atomic mass is 10.1. The Labute approximate surface area is 81.2 Å². The molecule has 0 saturated carbocycles. The van der Waals surface area contributed by atoms with E-state index >= 15 is 0 Å². The van der Waals surface area contributed by atoms with E-state index in [2.05, 4.69) is 52.2 Å². The predicted octanol–water partition coefficient (Wildman–Crippen LogP) is 2.53. The summed E-state index contributed by atoms with van der Waals surface area (Å²) in [6.45, 7) is 5.57. The smallest absolute Gasteiger partial charge is 0.119 e. The molecule has 0 aliphatic rings. The minimum atomic E-state index is 0.773. The molecule has 1 heterocycles. The maximum atomic E-state index is 4.14. The van der Waals surface area contributed by atoms with Crippen LogP contribution in [0, 0.1) is 9.62 Å². The summed E-state index contributed by atoms with van der Waals surface area (Å²) in [6, 6.07) is 0. The van der Waals surface area contributed by atoms with Gasteiger partial charge < -0.3 is 4.57 Å². The van der Waals surface area contributed by atoms with Crippen LogP contribution >= 0.6 is 22.6 Å². The largest absolute Gasteiger partial charge is 0.336 e. The van der Waals surface area contributed by atoms with Gasteiger partial charge in [-0.2, -0.15) is 0 Å². The number of hydrogen-bond acceptors (Lipinski definition) is 1. The van der Waals surface area contributed by atoms with Crippen LogP contribution in [0.15, 0.2) is 12.5 Å². The molecular weight excluding hydrogens is 251 g/mol. The summed E-state index contributed by atoms with van der Waals surface area (Å²) < 4.78 is 3.22. The van der Waals surface area contributed by atoms with Gasteiger partial charge in [-0.25, -0.2) is 4.98 Å². The molecule has 62 valence electrons. The van der Waals surface area contributed by atoms with Crippen molar-refractivity contribution in [2.45, 2.75) is 26.8 Å². The predicted molar refractivity (Wildman–Crippen MR) is 54.4 cm³/mol. The zero-order valence-electron chi connectivity index (χ0n) is 6.92. The van der Waals surface area contributed by atoms with Gasteiger partial charge in [0.25, 0.3) is 0 Å². The Morgan fingerprint density at radius 3 is 2.82 bits per heavy atom. The van der Waals surface area contributed by atoms with E-state index < -0.39 is 0 Å². The second-order valence-corrected chi connectivity index (χ2v) is 4.22. The van der Waals surface area contributed by atoms with Crippen molar-refractivity contribution >= 4 is 22.6 Å². The Kier molecular flexibility index (Phi) is 3.36. The van der Waals surface area contributed by atoms with Crippen LogP contribution in [0.5, 0.6) is 0 Å². The van der Waals surface area contributed by atoms with E-state index in [1.54, 1.807) is 0 Å². The van der Waals surface area contributed by atoms with Crippen LogP contribution in [0.2, 0.25) is 0 Å². The number of nitrogens with zero attached hydrogens (tertiary/aromatic N) is 2. The van der Waals surface area contributed by atoms with E-state index in [1.807, 2.05) is 6.33 Å². The Morgan fingerprint density at radius 1 is 1.64 bits per heavy atom. The molecule has 1 aromatic heterocycles. The van der Waals surface area contributed by atoms with Crippen molar-refractivity contribution < 1.29 is 0 Å². The van der Waals surface area contributed by atoms with Gasteiger partial charge >= 0.3 is 0 Å². The fourth-order valence-corrected chi connectivity index (χ4v) is 1.34. The second kappa shape index (κ2) is 4.09. The van der Waals surface area contributed by atoms with E-state index in [1.165, 1.54) is 6.42 Å². The van der Waals surface area contributed by atoms with Gasteiger partial charge in [0.2, 0.25) is 0 Å². The number of imidazole rings is 1. The summed E-state index contributed by atoms with van der Waals surface area (Å²) in [5.74, 6) is 0.773. The van der Waals surface area contributed by atoms with Crippen LogP contribution in [-0.2, 0) is 6.54 Å². The normalized spacial score (nSPS) is 10.9. The van der Waals surface area contributed by atoms with Gasteiger partial charge in [-0.05, 0) is 34.9 Å². The van der Waals surface area contributed by atoms with E-state index in [-0.39, 0.29) is 0 Å². The molecule has 0 saturated heterocycles. The third-order valence-electron chi connectivity index (χ3n) is 1.57. The van der Waals surface area contributed by atoms with Crippen LogP contribution in [0.4, 0.5) is 0 Å². The molecule has 2 nitrogen and oxygen atoms in total. The fraction of sp³-hybridized carbons (Fsp3) is 0.625. The number of aromatic nitrogens is 2. The number of hydrogen-bond donors (Lipinski definition) is 0. The SMILES string of the molecule is CC(C)CCn1cnc(I)c1. The molecule has 0 atom stereocenters. The average molecular weight is 264 g/mol.